The molecule has 0 N–H and O–H groups in total. The van der Waals surface area contributed by atoms with Crippen LogP contribution in [0.25, 0.3) is 0 Å². The number of allylic oxidation sites excluding steroid dienone is 1. The van der Waals surface area contributed by atoms with Crippen LogP contribution in [0.3, 0.4) is 0 Å². The molecule has 0 saturated heterocycles. The summed E-state index contributed by atoms with van der Waals surface area (Å²) < 4.78 is 9.87. The molecule has 0 heterocycles. The van der Waals surface area contributed by atoms with Gasteiger partial charge in [0.2, 0.25) is 11.9 Å². The van der Waals surface area contributed by atoms with Gasteiger partial charge in [0.05, 0.1) is 0 Å². The van der Waals surface area contributed by atoms with Crippen LogP contribution in [0.15, 0.2) is 23.8 Å². The topological polar surface area (TPSA) is 69.7 Å². The van der Waals surface area contributed by atoms with E-state index in [1.807, 2.05) is 0 Å². The predicted molar refractivity (Wildman–Crippen MR) is 59.0 cm³/mol. The Morgan fingerprint density at radius 3 is 2.18 bits per heavy atom. The first-order valence-corrected chi connectivity index (χ1v) is 5.18. The molecule has 17 heavy (non-hydrogen) atoms. The van der Waals surface area contributed by atoms with E-state index in [2.05, 4.69) is 0 Å². The lowest BCUT2D eigenvalue weighted by atomic mass is 10.1. The highest BCUT2D eigenvalue weighted by molar-refractivity contribution is 6.00. The Bertz CT molecular complexity index is 405. The average molecular weight is 238 g/mol. The van der Waals surface area contributed by atoms with Crippen LogP contribution in [-0.4, -0.2) is 29.9 Å². The lowest BCUT2D eigenvalue weighted by Gasteiger charge is -2.19. The van der Waals surface area contributed by atoms with Gasteiger partial charge < -0.3 is 9.47 Å². The Morgan fingerprint density at radius 2 is 1.71 bits per heavy atom. The van der Waals surface area contributed by atoms with Gasteiger partial charge in [-0.1, -0.05) is 12.2 Å². The molecule has 0 unspecified atom stereocenters. The Labute approximate surface area is 99.1 Å². The molecule has 0 bridgehead atoms. The van der Waals surface area contributed by atoms with Gasteiger partial charge >= 0.3 is 11.9 Å². The van der Waals surface area contributed by atoms with E-state index in [4.69, 9.17) is 9.47 Å². The van der Waals surface area contributed by atoms with Crippen molar-refractivity contribution in [2.75, 3.05) is 0 Å². The minimum atomic E-state index is -1.07. The Kier molecular flexibility index (Phi) is 4.20. The number of hydrogen-bond donors (Lipinski definition) is 0. The molecule has 5 heteroatoms. The second kappa shape index (κ2) is 5.43. The molecule has 1 aliphatic rings. The number of ketones is 1. The fourth-order valence-electron chi connectivity index (χ4n) is 1.60. The van der Waals surface area contributed by atoms with Crippen molar-refractivity contribution in [2.45, 2.75) is 33.0 Å². The van der Waals surface area contributed by atoms with Crippen molar-refractivity contribution in [3.05, 3.63) is 23.8 Å². The van der Waals surface area contributed by atoms with E-state index in [9.17, 15) is 14.4 Å². The lowest BCUT2D eigenvalue weighted by molar-refractivity contribution is -0.163. The average Bonchev–Trinajstić information content (AvgIpc) is 2.45. The quantitative estimate of drug-likeness (QED) is 0.684. The molecule has 0 radical (unpaired) electrons. The zero-order valence-electron chi connectivity index (χ0n) is 9.93. The van der Waals surface area contributed by atoms with Gasteiger partial charge in [-0.2, -0.15) is 0 Å². The molecular weight excluding hydrogens is 224 g/mol. The van der Waals surface area contributed by atoms with E-state index in [0.717, 1.165) is 0 Å². The van der Waals surface area contributed by atoms with E-state index in [1.165, 1.54) is 19.9 Å². The van der Waals surface area contributed by atoms with Crippen LogP contribution in [0.5, 0.6) is 0 Å². The van der Waals surface area contributed by atoms with Crippen molar-refractivity contribution in [2.24, 2.45) is 0 Å². The number of ether oxygens (including phenoxy) is 2. The summed E-state index contributed by atoms with van der Waals surface area (Å²) in [6.07, 6.45) is 2.77. The van der Waals surface area contributed by atoms with Crippen molar-refractivity contribution in [1.82, 2.24) is 0 Å². The molecular formula is C12H14O5. The molecule has 0 saturated carbocycles. The molecule has 2 atom stereocenters. The summed E-state index contributed by atoms with van der Waals surface area (Å²) >= 11 is 0. The molecule has 0 aromatic carbocycles. The van der Waals surface area contributed by atoms with Crippen LogP contribution in [0.1, 0.15) is 20.8 Å². The number of esters is 2. The fraction of sp³-hybridized carbons (Fsp3) is 0.417. The van der Waals surface area contributed by atoms with E-state index in [1.54, 1.807) is 19.1 Å². The number of carbonyl (C=O) groups is 3. The smallest absolute Gasteiger partial charge is 0.303 e. The normalized spacial score (nSPS) is 23.7. The van der Waals surface area contributed by atoms with E-state index in [0.29, 0.717) is 5.57 Å². The standard InChI is InChI=1S/C12H14O5/c1-4-5-9-6-10(15)12(17-8(3)14)11(9)16-7(2)13/h4-6,11-12H,1-3H3/b5-4+/t11-,12-/m0/s1. The zero-order chi connectivity index (χ0) is 13.0. The van der Waals surface area contributed by atoms with Crippen LogP contribution in [0.4, 0.5) is 0 Å². The van der Waals surface area contributed by atoms with Crippen LogP contribution in [0, 0.1) is 0 Å². The molecule has 0 spiro atoms. The second-order valence-corrected chi connectivity index (χ2v) is 3.61. The van der Waals surface area contributed by atoms with Crippen LogP contribution in [-0.2, 0) is 23.9 Å². The summed E-state index contributed by atoms with van der Waals surface area (Å²) in [4.78, 5) is 33.5. The summed E-state index contributed by atoms with van der Waals surface area (Å²) in [6, 6.07) is 0. The molecule has 92 valence electrons. The van der Waals surface area contributed by atoms with Gasteiger partial charge in [0.1, 0.15) is 0 Å². The summed E-state index contributed by atoms with van der Waals surface area (Å²) in [5.41, 5.74) is 0.527. The van der Waals surface area contributed by atoms with Gasteiger partial charge in [-0.05, 0) is 13.0 Å². The van der Waals surface area contributed by atoms with E-state index >= 15 is 0 Å². The van der Waals surface area contributed by atoms with Gasteiger partial charge in [-0.15, -0.1) is 0 Å². The molecule has 1 aliphatic carbocycles. The Morgan fingerprint density at radius 1 is 1.18 bits per heavy atom. The highest BCUT2D eigenvalue weighted by atomic mass is 16.6. The third-order valence-electron chi connectivity index (χ3n) is 2.14. The highest BCUT2D eigenvalue weighted by Crippen LogP contribution is 2.24. The molecule has 0 fully saturated rings. The molecule has 0 aromatic heterocycles. The molecule has 0 amide bonds. The summed E-state index contributed by atoms with van der Waals surface area (Å²) in [5, 5.41) is 0. The SMILES string of the molecule is C/C=C/C1=CC(=O)[C@H](OC(C)=O)[C@H]1OC(C)=O. The lowest BCUT2D eigenvalue weighted by Crippen LogP contribution is -2.36. The summed E-state index contributed by atoms with van der Waals surface area (Å²) in [6.45, 7) is 4.21. The minimum Gasteiger partial charge on any atom is -0.453 e. The first-order chi connectivity index (χ1) is 7.95. The maximum absolute atomic E-state index is 11.6. The van der Waals surface area contributed by atoms with E-state index in [-0.39, 0.29) is 5.78 Å². The monoisotopic (exact) mass is 238 g/mol. The summed E-state index contributed by atoms with van der Waals surface area (Å²) in [7, 11) is 0. The first kappa shape index (κ1) is 13.2. The largest absolute Gasteiger partial charge is 0.453 e. The third kappa shape index (κ3) is 3.27. The number of rotatable bonds is 3. The van der Waals surface area contributed by atoms with Crippen LogP contribution < -0.4 is 0 Å². The zero-order valence-corrected chi connectivity index (χ0v) is 9.93. The minimum absolute atomic E-state index is 0.375. The highest BCUT2D eigenvalue weighted by Gasteiger charge is 2.40. The van der Waals surface area contributed by atoms with Gasteiger partial charge in [0, 0.05) is 19.4 Å². The van der Waals surface area contributed by atoms with Crippen LogP contribution in [0.2, 0.25) is 0 Å². The molecule has 1 rings (SSSR count). The van der Waals surface area contributed by atoms with E-state index < -0.39 is 24.1 Å². The van der Waals surface area contributed by atoms with Gasteiger partial charge in [0.15, 0.2) is 6.10 Å². The van der Waals surface area contributed by atoms with Gasteiger partial charge in [0.25, 0.3) is 0 Å². The molecule has 0 aromatic rings. The predicted octanol–water partition coefficient (Wildman–Crippen LogP) is 0.935. The third-order valence-corrected chi connectivity index (χ3v) is 2.14. The summed E-state index contributed by atoms with van der Waals surface area (Å²) in [5.74, 6) is -1.49. The fourth-order valence-corrected chi connectivity index (χ4v) is 1.60. The van der Waals surface area contributed by atoms with Crippen molar-refractivity contribution in [1.29, 1.82) is 0 Å². The van der Waals surface area contributed by atoms with Crippen molar-refractivity contribution < 1.29 is 23.9 Å². The first-order valence-electron chi connectivity index (χ1n) is 5.18. The Hall–Kier alpha value is -1.91. The number of hydrogen-bond acceptors (Lipinski definition) is 5. The molecule has 0 aliphatic heterocycles. The van der Waals surface area contributed by atoms with Crippen molar-refractivity contribution in [3.63, 3.8) is 0 Å². The van der Waals surface area contributed by atoms with Gasteiger partial charge in [-0.25, -0.2) is 0 Å². The maximum Gasteiger partial charge on any atom is 0.303 e. The molecule has 5 nitrogen and oxygen atoms in total. The van der Waals surface area contributed by atoms with Gasteiger partial charge in [-0.3, -0.25) is 14.4 Å². The van der Waals surface area contributed by atoms with Crippen LogP contribution >= 0.6 is 0 Å². The Balaban J connectivity index is 2.94. The van der Waals surface area contributed by atoms with Crippen molar-refractivity contribution >= 4 is 17.7 Å². The van der Waals surface area contributed by atoms with Crippen molar-refractivity contribution in [3.8, 4) is 0 Å². The maximum atomic E-state index is 11.6. The number of carbonyl (C=O) groups excluding carboxylic acids is 3. The second-order valence-electron chi connectivity index (χ2n) is 3.61.